The minimum absolute atomic E-state index is 0.0402. The van der Waals surface area contributed by atoms with Gasteiger partial charge in [-0.1, -0.05) is 0 Å². The van der Waals surface area contributed by atoms with Gasteiger partial charge in [0.05, 0.1) is 5.92 Å². The van der Waals surface area contributed by atoms with Crippen molar-refractivity contribution in [1.29, 1.82) is 0 Å². The van der Waals surface area contributed by atoms with Crippen LogP contribution in [0, 0.1) is 12.8 Å². The lowest BCUT2D eigenvalue weighted by Crippen LogP contribution is -2.33. The summed E-state index contributed by atoms with van der Waals surface area (Å²) in [5.74, 6) is 1.42. The van der Waals surface area contributed by atoms with Crippen LogP contribution in [0.5, 0.6) is 0 Å². The smallest absolute Gasteiger partial charge is 0.224 e. The van der Waals surface area contributed by atoms with E-state index in [1.54, 1.807) is 7.05 Å². The fourth-order valence-corrected chi connectivity index (χ4v) is 1.32. The van der Waals surface area contributed by atoms with Gasteiger partial charge in [-0.05, 0) is 19.1 Å². The van der Waals surface area contributed by atoms with Gasteiger partial charge in [0.25, 0.3) is 0 Å². The Kier molecular flexibility index (Phi) is 3.71. The van der Waals surface area contributed by atoms with E-state index in [2.05, 4.69) is 5.32 Å². The SMILES string of the molecule is CNC(=O)C(CN)Cc1ccc(C)o1. The minimum atomic E-state index is -0.203. The summed E-state index contributed by atoms with van der Waals surface area (Å²) in [6.07, 6.45) is 0.560. The zero-order chi connectivity index (χ0) is 10.6. The first-order valence-electron chi connectivity index (χ1n) is 4.64. The molecule has 1 atom stereocenters. The van der Waals surface area contributed by atoms with Crippen molar-refractivity contribution in [3.05, 3.63) is 23.7 Å². The van der Waals surface area contributed by atoms with Crippen LogP contribution in [-0.4, -0.2) is 19.5 Å². The number of carbonyl (C=O) groups is 1. The molecule has 1 unspecified atom stereocenters. The third-order valence-corrected chi connectivity index (χ3v) is 2.15. The van der Waals surface area contributed by atoms with E-state index >= 15 is 0 Å². The first-order chi connectivity index (χ1) is 6.67. The molecular formula is C10H16N2O2. The lowest BCUT2D eigenvalue weighted by molar-refractivity contribution is -0.124. The van der Waals surface area contributed by atoms with E-state index < -0.39 is 0 Å². The Balaban J connectivity index is 2.61. The number of hydrogen-bond donors (Lipinski definition) is 2. The summed E-state index contributed by atoms with van der Waals surface area (Å²) in [4.78, 5) is 11.3. The van der Waals surface area contributed by atoms with Crippen molar-refractivity contribution in [2.75, 3.05) is 13.6 Å². The summed E-state index contributed by atoms with van der Waals surface area (Å²) in [6.45, 7) is 2.21. The van der Waals surface area contributed by atoms with Gasteiger partial charge in [-0.3, -0.25) is 4.79 Å². The Morgan fingerprint density at radius 3 is 2.79 bits per heavy atom. The second-order valence-electron chi connectivity index (χ2n) is 3.26. The van der Waals surface area contributed by atoms with Crippen LogP contribution in [0.4, 0.5) is 0 Å². The van der Waals surface area contributed by atoms with E-state index in [9.17, 15) is 4.79 Å². The van der Waals surface area contributed by atoms with Crippen LogP contribution in [0.1, 0.15) is 11.5 Å². The quantitative estimate of drug-likeness (QED) is 0.734. The topological polar surface area (TPSA) is 68.3 Å². The molecule has 1 aromatic heterocycles. The molecule has 0 bridgehead atoms. The number of hydrogen-bond acceptors (Lipinski definition) is 3. The Hall–Kier alpha value is -1.29. The number of rotatable bonds is 4. The zero-order valence-electron chi connectivity index (χ0n) is 8.54. The predicted molar refractivity (Wildman–Crippen MR) is 53.8 cm³/mol. The summed E-state index contributed by atoms with van der Waals surface area (Å²) in [6, 6.07) is 3.76. The normalized spacial score (nSPS) is 12.5. The van der Waals surface area contributed by atoms with E-state index in [-0.39, 0.29) is 11.8 Å². The molecule has 0 spiro atoms. The summed E-state index contributed by atoms with van der Waals surface area (Å²) in [5.41, 5.74) is 5.50. The molecule has 1 amide bonds. The third-order valence-electron chi connectivity index (χ3n) is 2.15. The van der Waals surface area contributed by atoms with Crippen LogP contribution in [0.25, 0.3) is 0 Å². The number of nitrogens with two attached hydrogens (primary N) is 1. The molecule has 0 radical (unpaired) electrons. The van der Waals surface area contributed by atoms with Gasteiger partial charge in [0.15, 0.2) is 0 Å². The molecule has 1 heterocycles. The number of carbonyl (C=O) groups excluding carboxylic acids is 1. The maximum atomic E-state index is 11.3. The Labute approximate surface area is 83.5 Å². The molecule has 0 aromatic carbocycles. The van der Waals surface area contributed by atoms with Crippen molar-refractivity contribution in [1.82, 2.24) is 5.32 Å². The first-order valence-corrected chi connectivity index (χ1v) is 4.64. The maximum Gasteiger partial charge on any atom is 0.224 e. The largest absolute Gasteiger partial charge is 0.466 e. The van der Waals surface area contributed by atoms with Crippen LogP contribution in [0.15, 0.2) is 16.5 Å². The lowest BCUT2D eigenvalue weighted by Gasteiger charge is -2.10. The molecular weight excluding hydrogens is 180 g/mol. The van der Waals surface area contributed by atoms with Crippen molar-refractivity contribution < 1.29 is 9.21 Å². The van der Waals surface area contributed by atoms with Gasteiger partial charge in [0.1, 0.15) is 11.5 Å². The predicted octanol–water partition coefficient (Wildman–Crippen LogP) is 0.451. The highest BCUT2D eigenvalue weighted by molar-refractivity contribution is 5.78. The second kappa shape index (κ2) is 4.81. The van der Waals surface area contributed by atoms with Crippen LogP contribution in [0.2, 0.25) is 0 Å². The lowest BCUT2D eigenvalue weighted by atomic mass is 10.0. The Bertz CT molecular complexity index is 307. The molecule has 14 heavy (non-hydrogen) atoms. The molecule has 0 saturated heterocycles. The number of nitrogens with one attached hydrogen (secondary N) is 1. The van der Waals surface area contributed by atoms with E-state index in [1.165, 1.54) is 0 Å². The molecule has 0 fully saturated rings. The molecule has 0 aliphatic carbocycles. The van der Waals surface area contributed by atoms with Gasteiger partial charge >= 0.3 is 0 Å². The molecule has 4 heteroatoms. The van der Waals surface area contributed by atoms with Crippen molar-refractivity contribution in [3.8, 4) is 0 Å². The van der Waals surface area contributed by atoms with Crippen molar-refractivity contribution >= 4 is 5.91 Å². The Morgan fingerprint density at radius 1 is 1.64 bits per heavy atom. The molecule has 1 rings (SSSR count). The van der Waals surface area contributed by atoms with Gasteiger partial charge in [0.2, 0.25) is 5.91 Å². The van der Waals surface area contributed by atoms with Gasteiger partial charge in [-0.15, -0.1) is 0 Å². The zero-order valence-corrected chi connectivity index (χ0v) is 8.54. The van der Waals surface area contributed by atoms with Crippen LogP contribution >= 0.6 is 0 Å². The van der Waals surface area contributed by atoms with Crippen LogP contribution in [-0.2, 0) is 11.2 Å². The van der Waals surface area contributed by atoms with Crippen molar-refractivity contribution in [2.45, 2.75) is 13.3 Å². The molecule has 4 nitrogen and oxygen atoms in total. The third kappa shape index (κ3) is 2.60. The van der Waals surface area contributed by atoms with Gasteiger partial charge in [0, 0.05) is 20.0 Å². The highest BCUT2D eigenvalue weighted by atomic mass is 16.3. The number of furan rings is 1. The highest BCUT2D eigenvalue weighted by Crippen LogP contribution is 2.11. The molecule has 0 aliphatic rings. The first kappa shape index (κ1) is 10.8. The van der Waals surface area contributed by atoms with Gasteiger partial charge < -0.3 is 15.5 Å². The standard InChI is InChI=1S/C10H16N2O2/c1-7-3-4-9(14-7)5-8(6-11)10(13)12-2/h3-4,8H,5-6,11H2,1-2H3,(H,12,13). The van der Waals surface area contributed by atoms with Crippen molar-refractivity contribution in [3.63, 3.8) is 0 Å². The summed E-state index contributed by atoms with van der Waals surface area (Å²) in [5, 5.41) is 2.58. The summed E-state index contributed by atoms with van der Waals surface area (Å²) < 4.78 is 5.37. The second-order valence-corrected chi connectivity index (χ2v) is 3.26. The van der Waals surface area contributed by atoms with Crippen LogP contribution < -0.4 is 11.1 Å². The van der Waals surface area contributed by atoms with Crippen molar-refractivity contribution in [2.24, 2.45) is 11.7 Å². The average molecular weight is 196 g/mol. The van der Waals surface area contributed by atoms with Gasteiger partial charge in [-0.2, -0.15) is 0 Å². The molecule has 0 saturated carbocycles. The van der Waals surface area contributed by atoms with E-state index in [0.717, 1.165) is 11.5 Å². The minimum Gasteiger partial charge on any atom is -0.466 e. The monoisotopic (exact) mass is 196 g/mol. The van der Waals surface area contributed by atoms with Gasteiger partial charge in [-0.25, -0.2) is 0 Å². The molecule has 3 N–H and O–H groups in total. The molecule has 78 valence electrons. The summed E-state index contributed by atoms with van der Waals surface area (Å²) in [7, 11) is 1.61. The number of aryl methyl sites for hydroxylation is 1. The average Bonchev–Trinajstić information content (AvgIpc) is 2.59. The van der Waals surface area contributed by atoms with E-state index in [0.29, 0.717) is 13.0 Å². The van der Waals surface area contributed by atoms with E-state index in [1.807, 2.05) is 19.1 Å². The fourth-order valence-electron chi connectivity index (χ4n) is 1.32. The van der Waals surface area contributed by atoms with E-state index in [4.69, 9.17) is 10.2 Å². The highest BCUT2D eigenvalue weighted by Gasteiger charge is 2.17. The van der Waals surface area contributed by atoms with Crippen LogP contribution in [0.3, 0.4) is 0 Å². The summed E-state index contributed by atoms with van der Waals surface area (Å²) >= 11 is 0. The fraction of sp³-hybridized carbons (Fsp3) is 0.500. The molecule has 1 aromatic rings. The molecule has 0 aliphatic heterocycles. The number of amides is 1. The maximum absolute atomic E-state index is 11.3. The Morgan fingerprint density at radius 2 is 2.36 bits per heavy atom.